The average molecular weight is 335 g/mol. The number of β-amino-alcohol motifs (C(OH)–C–C–N with tert-alkyl or cyclic N) is 1. The summed E-state index contributed by atoms with van der Waals surface area (Å²) in [6.07, 6.45) is 4.16. The molecule has 3 heterocycles. The highest BCUT2D eigenvalue weighted by Crippen LogP contribution is 2.27. The second-order valence-electron chi connectivity index (χ2n) is 7.60. The van der Waals surface area contributed by atoms with Gasteiger partial charge in [0.2, 0.25) is 5.91 Å². The molecule has 0 saturated carbocycles. The van der Waals surface area contributed by atoms with Crippen LogP contribution in [0.5, 0.6) is 0 Å². The summed E-state index contributed by atoms with van der Waals surface area (Å²) in [7, 11) is 3.91. The second kappa shape index (κ2) is 7.25. The molecule has 6 nitrogen and oxygen atoms in total. The van der Waals surface area contributed by atoms with Crippen molar-refractivity contribution in [3.8, 4) is 0 Å². The Labute approximate surface area is 144 Å². The van der Waals surface area contributed by atoms with E-state index in [4.69, 9.17) is 4.42 Å². The van der Waals surface area contributed by atoms with Gasteiger partial charge in [-0.05, 0) is 58.6 Å². The van der Waals surface area contributed by atoms with Crippen LogP contribution in [0.1, 0.15) is 25.0 Å². The highest BCUT2D eigenvalue weighted by Gasteiger charge is 2.40. The van der Waals surface area contributed by atoms with Crippen molar-refractivity contribution in [2.24, 2.45) is 5.92 Å². The standard InChI is InChI=1S/C18H29N3O3/c1-19(2)13-18(23)7-10-21(14-18)17(22)15-5-8-20(9-6-15)12-16-4-3-11-24-16/h3-4,11,15,23H,5-10,12-14H2,1-2H3. The molecule has 1 N–H and O–H groups in total. The average Bonchev–Trinajstić information content (AvgIpc) is 3.16. The van der Waals surface area contributed by atoms with E-state index in [1.54, 1.807) is 6.26 Å². The van der Waals surface area contributed by atoms with E-state index in [2.05, 4.69) is 4.90 Å². The molecule has 1 aromatic rings. The summed E-state index contributed by atoms with van der Waals surface area (Å²) in [5.41, 5.74) is -0.751. The zero-order chi connectivity index (χ0) is 17.2. The summed E-state index contributed by atoms with van der Waals surface area (Å²) >= 11 is 0. The topological polar surface area (TPSA) is 60.2 Å². The normalized spacial score (nSPS) is 26.4. The number of rotatable bonds is 5. The lowest BCUT2D eigenvalue weighted by molar-refractivity contribution is -0.137. The summed E-state index contributed by atoms with van der Waals surface area (Å²) in [6, 6.07) is 3.90. The van der Waals surface area contributed by atoms with Gasteiger partial charge in [-0.2, -0.15) is 0 Å². The number of hydrogen-bond acceptors (Lipinski definition) is 5. The Morgan fingerprint density at radius 2 is 2.12 bits per heavy atom. The molecule has 2 saturated heterocycles. The maximum Gasteiger partial charge on any atom is 0.225 e. The zero-order valence-corrected chi connectivity index (χ0v) is 14.8. The number of aliphatic hydroxyl groups is 1. The van der Waals surface area contributed by atoms with Crippen LogP contribution in [0.3, 0.4) is 0 Å². The van der Waals surface area contributed by atoms with E-state index in [1.165, 1.54) is 0 Å². The largest absolute Gasteiger partial charge is 0.468 e. The summed E-state index contributed by atoms with van der Waals surface area (Å²) in [5, 5.41) is 10.6. The SMILES string of the molecule is CN(C)CC1(O)CCN(C(=O)C2CCN(Cc3ccco3)CC2)C1. The van der Waals surface area contributed by atoms with Gasteiger partial charge in [0.25, 0.3) is 0 Å². The Kier molecular flexibility index (Phi) is 5.27. The smallest absolute Gasteiger partial charge is 0.225 e. The molecule has 1 aromatic heterocycles. The van der Waals surface area contributed by atoms with E-state index in [0.717, 1.165) is 38.2 Å². The maximum absolute atomic E-state index is 12.8. The Morgan fingerprint density at radius 1 is 1.38 bits per heavy atom. The number of carbonyl (C=O) groups excluding carboxylic acids is 1. The van der Waals surface area contributed by atoms with Gasteiger partial charge in [-0.3, -0.25) is 9.69 Å². The third-order valence-electron chi connectivity index (χ3n) is 5.15. The molecule has 2 fully saturated rings. The first-order valence-electron chi connectivity index (χ1n) is 8.86. The van der Waals surface area contributed by atoms with Crippen molar-refractivity contribution in [2.75, 3.05) is 46.8 Å². The van der Waals surface area contributed by atoms with Crippen molar-refractivity contribution in [1.82, 2.24) is 14.7 Å². The van der Waals surface area contributed by atoms with Crippen LogP contribution in [0.25, 0.3) is 0 Å². The number of amides is 1. The minimum absolute atomic E-state index is 0.0968. The van der Waals surface area contributed by atoms with Crippen LogP contribution < -0.4 is 0 Å². The van der Waals surface area contributed by atoms with E-state index >= 15 is 0 Å². The van der Waals surface area contributed by atoms with Gasteiger partial charge in [0, 0.05) is 19.0 Å². The van der Waals surface area contributed by atoms with Gasteiger partial charge in [-0.15, -0.1) is 0 Å². The van der Waals surface area contributed by atoms with Crippen molar-refractivity contribution >= 4 is 5.91 Å². The lowest BCUT2D eigenvalue weighted by atomic mass is 9.95. The third-order valence-corrected chi connectivity index (χ3v) is 5.15. The van der Waals surface area contributed by atoms with Crippen molar-refractivity contribution in [1.29, 1.82) is 0 Å². The van der Waals surface area contributed by atoms with E-state index in [0.29, 0.717) is 26.1 Å². The molecule has 134 valence electrons. The van der Waals surface area contributed by atoms with Crippen molar-refractivity contribution < 1.29 is 14.3 Å². The van der Waals surface area contributed by atoms with Crippen LogP contribution >= 0.6 is 0 Å². The molecular weight excluding hydrogens is 306 g/mol. The molecule has 1 atom stereocenters. The van der Waals surface area contributed by atoms with Crippen LogP contribution in [0.2, 0.25) is 0 Å². The molecule has 3 rings (SSSR count). The van der Waals surface area contributed by atoms with E-state index in [9.17, 15) is 9.90 Å². The van der Waals surface area contributed by atoms with Gasteiger partial charge in [0.15, 0.2) is 0 Å². The summed E-state index contributed by atoms with van der Waals surface area (Å²) in [5.74, 6) is 1.30. The van der Waals surface area contributed by atoms with Gasteiger partial charge in [-0.1, -0.05) is 0 Å². The summed E-state index contributed by atoms with van der Waals surface area (Å²) < 4.78 is 5.40. The number of nitrogens with zero attached hydrogens (tertiary/aromatic N) is 3. The quantitative estimate of drug-likeness (QED) is 0.870. The Balaban J connectivity index is 1.47. The molecule has 2 aliphatic rings. The Hall–Kier alpha value is -1.37. The van der Waals surface area contributed by atoms with Gasteiger partial charge in [0.1, 0.15) is 5.76 Å². The summed E-state index contributed by atoms with van der Waals surface area (Å²) in [4.78, 5) is 19.0. The molecule has 24 heavy (non-hydrogen) atoms. The van der Waals surface area contributed by atoms with Gasteiger partial charge in [0.05, 0.1) is 25.0 Å². The number of furan rings is 1. The highest BCUT2D eigenvalue weighted by molar-refractivity contribution is 5.79. The maximum atomic E-state index is 12.8. The first-order chi connectivity index (χ1) is 11.5. The van der Waals surface area contributed by atoms with Crippen LogP contribution in [-0.2, 0) is 11.3 Å². The van der Waals surface area contributed by atoms with Gasteiger partial charge >= 0.3 is 0 Å². The van der Waals surface area contributed by atoms with E-state index in [-0.39, 0.29) is 11.8 Å². The number of piperidine rings is 1. The van der Waals surface area contributed by atoms with Crippen LogP contribution in [0.4, 0.5) is 0 Å². The van der Waals surface area contributed by atoms with Gasteiger partial charge in [-0.25, -0.2) is 0 Å². The van der Waals surface area contributed by atoms with E-state index in [1.807, 2.05) is 36.0 Å². The predicted molar refractivity (Wildman–Crippen MR) is 91.4 cm³/mol. The van der Waals surface area contributed by atoms with E-state index < -0.39 is 5.60 Å². The minimum atomic E-state index is -0.751. The number of likely N-dealkylation sites (tertiary alicyclic amines) is 2. The van der Waals surface area contributed by atoms with Crippen molar-refractivity contribution in [2.45, 2.75) is 31.4 Å². The molecule has 0 bridgehead atoms. The molecule has 0 spiro atoms. The van der Waals surface area contributed by atoms with Crippen LogP contribution in [0.15, 0.2) is 22.8 Å². The molecule has 0 aromatic carbocycles. The lowest BCUT2D eigenvalue weighted by Gasteiger charge is -2.33. The van der Waals surface area contributed by atoms with Gasteiger partial charge < -0.3 is 19.3 Å². The molecule has 1 unspecified atom stereocenters. The van der Waals surface area contributed by atoms with Crippen LogP contribution in [0, 0.1) is 5.92 Å². The van der Waals surface area contributed by atoms with Crippen LogP contribution in [-0.4, -0.2) is 78.1 Å². The summed E-state index contributed by atoms with van der Waals surface area (Å²) in [6.45, 7) is 4.42. The Bertz CT molecular complexity index is 538. The molecule has 2 aliphatic heterocycles. The molecule has 6 heteroatoms. The number of carbonyl (C=O) groups is 1. The fourth-order valence-electron chi connectivity index (χ4n) is 3.98. The highest BCUT2D eigenvalue weighted by atomic mass is 16.3. The molecule has 0 aliphatic carbocycles. The monoisotopic (exact) mass is 335 g/mol. The lowest BCUT2D eigenvalue weighted by Crippen LogP contribution is -2.46. The molecular formula is C18H29N3O3. The fourth-order valence-corrected chi connectivity index (χ4v) is 3.98. The number of likely N-dealkylation sites (N-methyl/N-ethyl adjacent to an activating group) is 1. The predicted octanol–water partition coefficient (Wildman–Crippen LogP) is 1.02. The fraction of sp³-hybridized carbons (Fsp3) is 0.722. The molecule has 0 radical (unpaired) electrons. The number of hydrogen-bond donors (Lipinski definition) is 1. The molecule has 1 amide bonds. The first kappa shape index (κ1) is 17.5. The first-order valence-corrected chi connectivity index (χ1v) is 8.86. The Morgan fingerprint density at radius 3 is 2.75 bits per heavy atom. The van der Waals surface area contributed by atoms with Crippen molar-refractivity contribution in [3.05, 3.63) is 24.2 Å². The van der Waals surface area contributed by atoms with Crippen molar-refractivity contribution in [3.63, 3.8) is 0 Å². The third kappa shape index (κ3) is 4.18. The second-order valence-corrected chi connectivity index (χ2v) is 7.60. The minimum Gasteiger partial charge on any atom is -0.468 e. The zero-order valence-electron chi connectivity index (χ0n) is 14.8.